The Kier molecular flexibility index (Phi) is 9.83. The summed E-state index contributed by atoms with van der Waals surface area (Å²) in [4.78, 5) is 22.4. The molecule has 0 aliphatic heterocycles. The predicted octanol–water partition coefficient (Wildman–Crippen LogP) is 1.67. The number of aliphatic hydroxyl groups is 3. The highest BCUT2D eigenvalue weighted by atomic mass is 16.4. The molecule has 0 spiro atoms. The smallest absolute Gasteiger partial charge is 0.307 e. The molecule has 1 rings (SSSR count). The molecule has 0 aromatic rings. The maximum Gasteiger partial charge on any atom is 0.307 e. The normalized spacial score (nSPS) is 27.0. The summed E-state index contributed by atoms with van der Waals surface area (Å²) in [6.45, 7) is 0.150. The van der Waals surface area contributed by atoms with Crippen LogP contribution in [0.2, 0.25) is 0 Å². The molecule has 6 nitrogen and oxygen atoms in total. The lowest BCUT2D eigenvalue weighted by molar-refractivity contribution is -0.136. The second-order valence-electron chi connectivity index (χ2n) is 6.61. The van der Waals surface area contributed by atoms with Crippen molar-refractivity contribution in [3.8, 4) is 0 Å². The number of carbonyl (C=O) groups excluding carboxylic acids is 1. The maximum absolute atomic E-state index is 11.9. The first-order chi connectivity index (χ1) is 11.5. The lowest BCUT2D eigenvalue weighted by Gasteiger charge is -2.22. The fraction of sp³-hybridized carbons (Fsp3) is 0.778. The second kappa shape index (κ2) is 11.3. The van der Waals surface area contributed by atoms with Crippen LogP contribution in [-0.2, 0) is 9.59 Å². The van der Waals surface area contributed by atoms with E-state index in [0.29, 0.717) is 38.5 Å². The van der Waals surface area contributed by atoms with Crippen LogP contribution < -0.4 is 0 Å². The summed E-state index contributed by atoms with van der Waals surface area (Å²) in [6, 6.07) is 0. The lowest BCUT2D eigenvalue weighted by Crippen LogP contribution is -2.22. The summed E-state index contributed by atoms with van der Waals surface area (Å²) in [5.41, 5.74) is 0. The van der Waals surface area contributed by atoms with E-state index in [0.717, 1.165) is 12.8 Å². The van der Waals surface area contributed by atoms with Crippen molar-refractivity contribution in [3.05, 3.63) is 12.2 Å². The van der Waals surface area contributed by atoms with Crippen LogP contribution in [0.15, 0.2) is 12.2 Å². The Hall–Kier alpha value is -1.24. The predicted molar refractivity (Wildman–Crippen MR) is 89.4 cm³/mol. The first-order valence-corrected chi connectivity index (χ1v) is 8.81. The number of carboxylic acids is 1. The van der Waals surface area contributed by atoms with Gasteiger partial charge in [0.2, 0.25) is 0 Å². The van der Waals surface area contributed by atoms with E-state index in [4.69, 9.17) is 10.2 Å². The minimum absolute atomic E-state index is 0.0532. The number of unbranched alkanes of at least 4 members (excludes halogenated alkanes) is 2. The first-order valence-electron chi connectivity index (χ1n) is 8.81. The average Bonchev–Trinajstić information content (AvgIpc) is 2.79. The van der Waals surface area contributed by atoms with Crippen molar-refractivity contribution in [3.63, 3.8) is 0 Å². The van der Waals surface area contributed by atoms with Gasteiger partial charge in [-0.1, -0.05) is 18.6 Å². The van der Waals surface area contributed by atoms with Gasteiger partial charge in [0.15, 0.2) is 0 Å². The number of carboxylic acid groups (broad SMARTS) is 1. The summed E-state index contributed by atoms with van der Waals surface area (Å²) in [6.07, 6.45) is 6.61. The van der Waals surface area contributed by atoms with Gasteiger partial charge in [-0.2, -0.15) is 0 Å². The van der Waals surface area contributed by atoms with Crippen LogP contribution in [0.1, 0.15) is 57.8 Å². The fourth-order valence-electron chi connectivity index (χ4n) is 3.41. The minimum Gasteiger partial charge on any atom is -0.481 e. The van der Waals surface area contributed by atoms with Gasteiger partial charge in [0.1, 0.15) is 5.78 Å². The van der Waals surface area contributed by atoms with Crippen molar-refractivity contribution >= 4 is 11.8 Å². The van der Waals surface area contributed by atoms with Crippen molar-refractivity contribution in [1.29, 1.82) is 0 Å². The van der Waals surface area contributed by atoms with Gasteiger partial charge < -0.3 is 20.4 Å². The van der Waals surface area contributed by atoms with E-state index >= 15 is 0 Å². The molecule has 0 radical (unpaired) electrons. The molecule has 4 N–H and O–H groups in total. The molecule has 4 atom stereocenters. The molecule has 1 aliphatic carbocycles. The zero-order valence-electron chi connectivity index (χ0n) is 14.1. The second-order valence-corrected chi connectivity index (χ2v) is 6.61. The number of hydrogen-bond acceptors (Lipinski definition) is 5. The van der Waals surface area contributed by atoms with Crippen LogP contribution in [0.25, 0.3) is 0 Å². The highest BCUT2D eigenvalue weighted by molar-refractivity contribution is 5.78. The molecule has 4 unspecified atom stereocenters. The Morgan fingerprint density at radius 2 is 1.67 bits per heavy atom. The van der Waals surface area contributed by atoms with Crippen LogP contribution in [0.3, 0.4) is 0 Å². The summed E-state index contributed by atoms with van der Waals surface area (Å²) in [7, 11) is 0. The van der Waals surface area contributed by atoms with E-state index in [9.17, 15) is 19.8 Å². The molecule has 138 valence electrons. The lowest BCUT2D eigenvalue weighted by atomic mass is 9.86. The Balaban J connectivity index is 2.40. The Morgan fingerprint density at radius 3 is 2.33 bits per heavy atom. The number of allylic oxidation sites excluding steroid dienone is 1. The molecule has 0 aromatic carbocycles. The van der Waals surface area contributed by atoms with Crippen LogP contribution in [0, 0.1) is 11.8 Å². The molecule has 0 saturated heterocycles. The third kappa shape index (κ3) is 7.55. The summed E-state index contributed by atoms with van der Waals surface area (Å²) < 4.78 is 0. The highest BCUT2D eigenvalue weighted by Gasteiger charge is 2.40. The van der Waals surface area contributed by atoms with E-state index in [1.807, 2.05) is 0 Å². The quantitative estimate of drug-likeness (QED) is 0.317. The molecule has 0 amide bonds. The van der Waals surface area contributed by atoms with E-state index in [1.54, 1.807) is 12.2 Å². The van der Waals surface area contributed by atoms with Gasteiger partial charge >= 0.3 is 5.97 Å². The van der Waals surface area contributed by atoms with E-state index < -0.39 is 18.2 Å². The number of Topliss-reactive ketones (excluding diaryl/α,β-unsaturated/α-hetero) is 1. The molecule has 1 aliphatic rings. The molecule has 0 heterocycles. The molecule has 6 heteroatoms. The fourth-order valence-corrected chi connectivity index (χ4v) is 3.41. The largest absolute Gasteiger partial charge is 0.481 e. The van der Waals surface area contributed by atoms with E-state index in [2.05, 4.69) is 0 Å². The Morgan fingerprint density at radius 1 is 0.958 bits per heavy atom. The molecular formula is C18H30O6. The maximum atomic E-state index is 11.9. The summed E-state index contributed by atoms with van der Waals surface area (Å²) in [5, 5.41) is 37.5. The summed E-state index contributed by atoms with van der Waals surface area (Å²) in [5.74, 6) is -1.01. The van der Waals surface area contributed by atoms with Gasteiger partial charge in [-0.05, 0) is 43.9 Å². The van der Waals surface area contributed by atoms with Crippen molar-refractivity contribution in [2.75, 3.05) is 6.61 Å². The Labute approximate surface area is 143 Å². The zero-order valence-corrected chi connectivity index (χ0v) is 14.1. The van der Waals surface area contributed by atoms with Crippen molar-refractivity contribution in [2.45, 2.75) is 70.0 Å². The number of hydrogen-bond donors (Lipinski definition) is 4. The molecule has 0 aromatic heterocycles. The highest BCUT2D eigenvalue weighted by Crippen LogP contribution is 2.38. The third-order valence-corrected chi connectivity index (χ3v) is 4.76. The van der Waals surface area contributed by atoms with Crippen LogP contribution >= 0.6 is 0 Å². The Bertz CT molecular complexity index is 420. The van der Waals surface area contributed by atoms with Gasteiger partial charge in [-0.15, -0.1) is 0 Å². The minimum atomic E-state index is -0.901. The number of rotatable bonds is 12. The van der Waals surface area contributed by atoms with Crippen LogP contribution in [-0.4, -0.2) is 51.0 Å². The van der Waals surface area contributed by atoms with Gasteiger partial charge in [0.05, 0.1) is 18.6 Å². The van der Waals surface area contributed by atoms with Crippen molar-refractivity contribution in [1.82, 2.24) is 0 Å². The molecule has 1 saturated carbocycles. The zero-order chi connectivity index (χ0) is 17.9. The molecular weight excluding hydrogens is 312 g/mol. The van der Waals surface area contributed by atoms with Gasteiger partial charge in [0, 0.05) is 19.4 Å². The number of carbonyl (C=O) groups is 2. The van der Waals surface area contributed by atoms with Crippen molar-refractivity contribution in [2.24, 2.45) is 11.8 Å². The van der Waals surface area contributed by atoms with Gasteiger partial charge in [-0.25, -0.2) is 0 Å². The number of aliphatic carboxylic acids is 1. The topological polar surface area (TPSA) is 115 Å². The van der Waals surface area contributed by atoms with Crippen LogP contribution in [0.5, 0.6) is 0 Å². The van der Waals surface area contributed by atoms with Crippen LogP contribution in [0.4, 0.5) is 0 Å². The van der Waals surface area contributed by atoms with Gasteiger partial charge in [0.25, 0.3) is 0 Å². The van der Waals surface area contributed by atoms with Crippen molar-refractivity contribution < 1.29 is 30.0 Å². The third-order valence-electron chi connectivity index (χ3n) is 4.76. The van der Waals surface area contributed by atoms with Gasteiger partial charge in [-0.3, -0.25) is 9.59 Å². The average molecular weight is 342 g/mol. The molecule has 1 fully saturated rings. The number of aliphatic hydroxyl groups excluding tert-OH is 3. The van der Waals surface area contributed by atoms with E-state index in [1.165, 1.54) is 0 Å². The first kappa shape index (κ1) is 20.8. The SMILES string of the molecule is O=C(O)C/C=C/CC1C(O)CC(O)C1CCC(=O)CCCCCO. The molecule has 0 bridgehead atoms. The number of ketones is 1. The standard InChI is InChI=1S/C18H30O6/c19-11-5-1-2-6-13(20)9-10-15-14(16(21)12-17(15)22)7-3-4-8-18(23)24/h3-4,14-17,19,21-22H,1-2,5-12H2,(H,23,24)/b4-3+. The molecule has 24 heavy (non-hydrogen) atoms. The summed E-state index contributed by atoms with van der Waals surface area (Å²) >= 11 is 0. The van der Waals surface area contributed by atoms with E-state index in [-0.39, 0.29) is 30.6 Å². The monoisotopic (exact) mass is 342 g/mol.